The second kappa shape index (κ2) is 22.7. The van der Waals surface area contributed by atoms with Crippen molar-refractivity contribution in [3.63, 3.8) is 0 Å². The van der Waals surface area contributed by atoms with Gasteiger partial charge in [-0.15, -0.1) is 0 Å². The average molecular weight is 161 g/mol. The Bertz CT molecular complexity index is 51.5. The molecular weight excluding hydrogens is 138 g/mol. The van der Waals surface area contributed by atoms with E-state index < -0.39 is 0 Å². The molecule has 0 fully saturated rings. The lowest BCUT2D eigenvalue weighted by Crippen LogP contribution is -2.19. The Balaban J connectivity index is -0.000000138. The maximum Gasteiger partial charge on any atom is 0.209 e. The summed E-state index contributed by atoms with van der Waals surface area (Å²) in [6.07, 6.45) is 0.861. The summed E-state index contributed by atoms with van der Waals surface area (Å²) in [6, 6.07) is 0. The van der Waals surface area contributed by atoms with Gasteiger partial charge in [0.05, 0.1) is 0 Å². The molecule has 0 aromatic rings. The molecule has 0 aliphatic heterocycles. The van der Waals surface area contributed by atoms with Crippen LogP contribution in [0.15, 0.2) is 0 Å². The molecule has 1 amide bonds. The maximum atomic E-state index is 9.89. The van der Waals surface area contributed by atoms with Crippen LogP contribution in [0.2, 0.25) is 0 Å². The van der Waals surface area contributed by atoms with E-state index in [2.05, 4.69) is 0 Å². The zero-order valence-corrected chi connectivity index (χ0v) is 8.85. The largest absolute Gasteiger partial charge is 0.346 e. The normalized spacial score (nSPS) is 6.36. The lowest BCUT2D eigenvalue weighted by molar-refractivity contribution is -0.117. The molecule has 0 unspecified atom stereocenters. The van der Waals surface area contributed by atoms with Crippen LogP contribution in [0.5, 0.6) is 0 Å². The van der Waals surface area contributed by atoms with Crippen molar-refractivity contribution in [1.82, 2.24) is 4.90 Å². The lowest BCUT2D eigenvalue weighted by Gasteiger charge is -2.08. The zero-order chi connectivity index (χ0) is 9.70. The lowest BCUT2D eigenvalue weighted by atomic mass is 10.6. The van der Waals surface area contributed by atoms with E-state index in [1.165, 1.54) is 0 Å². The summed E-state index contributed by atoms with van der Waals surface area (Å²) in [5.74, 6) is 0. The predicted octanol–water partition coefficient (Wildman–Crippen LogP) is 2.54. The third-order valence-electron chi connectivity index (χ3n) is 0.961. The van der Waals surface area contributed by atoms with Gasteiger partial charge >= 0.3 is 0 Å². The number of amides is 1. The number of carbonyl (C=O) groups is 1. The van der Waals surface area contributed by atoms with Crippen molar-refractivity contribution in [3.05, 3.63) is 0 Å². The summed E-state index contributed by atoms with van der Waals surface area (Å²) >= 11 is 0. The molecular formula is C9H23NO. The molecule has 0 aromatic carbocycles. The first-order valence-electron chi connectivity index (χ1n) is 4.54. The fourth-order valence-electron chi connectivity index (χ4n) is 0.373. The molecule has 70 valence electrons. The molecule has 2 nitrogen and oxygen atoms in total. The fraction of sp³-hybridized carbons (Fsp3) is 0.889. The van der Waals surface area contributed by atoms with Gasteiger partial charge in [0.1, 0.15) is 0 Å². The monoisotopic (exact) mass is 161 g/mol. The van der Waals surface area contributed by atoms with Gasteiger partial charge in [-0.05, 0) is 13.8 Å². The molecule has 2 heteroatoms. The number of carbonyl (C=O) groups excluding carboxylic acids is 1. The van der Waals surface area contributed by atoms with Crippen molar-refractivity contribution < 1.29 is 4.79 Å². The highest BCUT2D eigenvalue weighted by Crippen LogP contribution is 1.75. The first kappa shape index (κ1) is 16.8. The van der Waals surface area contributed by atoms with Gasteiger partial charge in [-0.25, -0.2) is 0 Å². The third-order valence-corrected chi connectivity index (χ3v) is 0.961. The molecule has 0 radical (unpaired) electrons. The van der Waals surface area contributed by atoms with Crippen LogP contribution in [0.1, 0.15) is 41.5 Å². The van der Waals surface area contributed by atoms with E-state index >= 15 is 0 Å². The van der Waals surface area contributed by atoms with Gasteiger partial charge in [0.15, 0.2) is 0 Å². The van der Waals surface area contributed by atoms with E-state index in [9.17, 15) is 4.79 Å². The molecule has 0 saturated heterocycles. The van der Waals surface area contributed by atoms with Crippen LogP contribution in [-0.4, -0.2) is 24.4 Å². The van der Waals surface area contributed by atoms with Gasteiger partial charge in [-0.3, -0.25) is 4.79 Å². The van der Waals surface area contributed by atoms with Crippen LogP contribution >= 0.6 is 0 Å². The summed E-state index contributed by atoms with van der Waals surface area (Å²) in [7, 11) is 0. The highest BCUT2D eigenvalue weighted by Gasteiger charge is 1.87. The first-order chi connectivity index (χ1) is 5.35. The van der Waals surface area contributed by atoms with Crippen molar-refractivity contribution in [2.75, 3.05) is 13.1 Å². The SMILES string of the molecule is CC.CC.CCN(C=O)CC. The molecule has 0 atom stereocenters. The Kier molecular flexibility index (Phi) is 34.7. The summed E-state index contributed by atoms with van der Waals surface area (Å²) in [6.45, 7) is 13.6. The van der Waals surface area contributed by atoms with Gasteiger partial charge in [0, 0.05) is 13.1 Å². The summed E-state index contributed by atoms with van der Waals surface area (Å²) in [5.41, 5.74) is 0. The van der Waals surface area contributed by atoms with Crippen LogP contribution in [0.3, 0.4) is 0 Å². The minimum Gasteiger partial charge on any atom is -0.346 e. The van der Waals surface area contributed by atoms with Crippen LogP contribution in [-0.2, 0) is 4.79 Å². The van der Waals surface area contributed by atoms with Crippen molar-refractivity contribution in [2.45, 2.75) is 41.5 Å². The van der Waals surface area contributed by atoms with Gasteiger partial charge < -0.3 is 4.90 Å². The average Bonchev–Trinajstić information content (AvgIpc) is 2.14. The van der Waals surface area contributed by atoms with Gasteiger partial charge in [0.2, 0.25) is 6.41 Å². The van der Waals surface area contributed by atoms with E-state index in [-0.39, 0.29) is 0 Å². The summed E-state index contributed by atoms with van der Waals surface area (Å²) in [4.78, 5) is 11.6. The van der Waals surface area contributed by atoms with E-state index in [4.69, 9.17) is 0 Å². The second-order valence-electron chi connectivity index (χ2n) is 1.33. The molecule has 0 N–H and O–H groups in total. The van der Waals surface area contributed by atoms with Crippen molar-refractivity contribution in [3.8, 4) is 0 Å². The highest BCUT2D eigenvalue weighted by molar-refractivity contribution is 5.46. The van der Waals surface area contributed by atoms with Crippen molar-refractivity contribution >= 4 is 6.41 Å². The van der Waals surface area contributed by atoms with Gasteiger partial charge in [-0.1, -0.05) is 27.7 Å². The molecule has 0 aliphatic rings. The topological polar surface area (TPSA) is 20.3 Å². The Morgan fingerprint density at radius 1 is 1.00 bits per heavy atom. The van der Waals surface area contributed by atoms with Crippen molar-refractivity contribution in [1.29, 1.82) is 0 Å². The van der Waals surface area contributed by atoms with Crippen molar-refractivity contribution in [2.24, 2.45) is 0 Å². The van der Waals surface area contributed by atoms with E-state index in [1.807, 2.05) is 41.5 Å². The number of nitrogens with zero attached hydrogens (tertiary/aromatic N) is 1. The molecule has 0 heterocycles. The molecule has 0 bridgehead atoms. The van der Waals surface area contributed by atoms with Crippen LogP contribution in [0.25, 0.3) is 0 Å². The molecule has 11 heavy (non-hydrogen) atoms. The Hall–Kier alpha value is -0.530. The quantitative estimate of drug-likeness (QED) is 0.582. The highest BCUT2D eigenvalue weighted by atomic mass is 16.1. The summed E-state index contributed by atoms with van der Waals surface area (Å²) in [5, 5.41) is 0. The van der Waals surface area contributed by atoms with Crippen LogP contribution < -0.4 is 0 Å². The summed E-state index contributed by atoms with van der Waals surface area (Å²) < 4.78 is 0. The van der Waals surface area contributed by atoms with Gasteiger partial charge in [-0.2, -0.15) is 0 Å². The Morgan fingerprint density at radius 2 is 1.27 bits per heavy atom. The number of hydrogen-bond donors (Lipinski definition) is 0. The molecule has 0 rings (SSSR count). The third kappa shape index (κ3) is 17.7. The molecule has 0 aliphatic carbocycles. The Labute approximate surface area is 71.6 Å². The molecule has 0 aromatic heterocycles. The molecule has 0 spiro atoms. The Morgan fingerprint density at radius 3 is 1.27 bits per heavy atom. The van der Waals surface area contributed by atoms with E-state index in [1.54, 1.807) is 4.90 Å². The molecule has 0 saturated carbocycles. The first-order valence-corrected chi connectivity index (χ1v) is 4.54. The minimum atomic E-state index is 0.819. The van der Waals surface area contributed by atoms with Crippen LogP contribution in [0, 0.1) is 0 Å². The fourth-order valence-corrected chi connectivity index (χ4v) is 0.373. The number of hydrogen-bond acceptors (Lipinski definition) is 1. The number of rotatable bonds is 3. The van der Waals surface area contributed by atoms with Gasteiger partial charge in [0.25, 0.3) is 0 Å². The minimum absolute atomic E-state index is 0.819. The van der Waals surface area contributed by atoms with Crippen LogP contribution in [0.4, 0.5) is 0 Å². The predicted molar refractivity (Wildman–Crippen MR) is 51.7 cm³/mol. The zero-order valence-electron chi connectivity index (χ0n) is 8.85. The van der Waals surface area contributed by atoms with E-state index in [0.29, 0.717) is 0 Å². The standard InChI is InChI=1S/C5H11NO.2C2H6/c1-3-6(4-2)5-7;2*1-2/h5H,3-4H2,1-2H3;2*1-2H3. The maximum absolute atomic E-state index is 9.89. The smallest absolute Gasteiger partial charge is 0.209 e. The second-order valence-corrected chi connectivity index (χ2v) is 1.33. The van der Waals surface area contributed by atoms with E-state index in [0.717, 1.165) is 19.5 Å².